The zero-order valence-electron chi connectivity index (χ0n) is 17.6. The van der Waals surface area contributed by atoms with Crippen LogP contribution in [0.1, 0.15) is 72.1 Å². The van der Waals surface area contributed by atoms with Gasteiger partial charge in [0.2, 0.25) is 0 Å². The van der Waals surface area contributed by atoms with Gasteiger partial charge in [0, 0.05) is 18.9 Å². The van der Waals surface area contributed by atoms with Gasteiger partial charge in [0.25, 0.3) is 0 Å². The summed E-state index contributed by atoms with van der Waals surface area (Å²) < 4.78 is 11.7. The van der Waals surface area contributed by atoms with E-state index in [9.17, 15) is 9.90 Å². The van der Waals surface area contributed by atoms with Crippen LogP contribution in [-0.2, 0) is 13.8 Å². The second-order valence-electron chi connectivity index (χ2n) is 10.8. The van der Waals surface area contributed by atoms with E-state index in [-0.39, 0.29) is 17.4 Å². The van der Waals surface area contributed by atoms with Crippen molar-refractivity contribution in [3.8, 4) is 0 Å². The van der Waals surface area contributed by atoms with E-state index in [4.69, 9.17) is 9.05 Å². The van der Waals surface area contributed by atoms with Gasteiger partial charge < -0.3 is 14.2 Å². The average Bonchev–Trinajstić information content (AvgIpc) is 3.03. The second-order valence-corrected chi connectivity index (χ2v) is 11.3. The molecular formula is C22H38O4P2. The number of hydrogen-bond acceptors (Lipinski definition) is 3. The first-order chi connectivity index (χ1) is 13.3. The second kappa shape index (κ2) is 7.74. The molecule has 28 heavy (non-hydrogen) atoms. The summed E-state index contributed by atoms with van der Waals surface area (Å²) >= 11 is 0. The number of carboxylic acids is 1. The van der Waals surface area contributed by atoms with Gasteiger partial charge in [-0.05, 0) is 91.8 Å². The Morgan fingerprint density at radius 3 is 2.32 bits per heavy atom. The summed E-state index contributed by atoms with van der Waals surface area (Å²) in [6, 6.07) is 0. The fourth-order valence-corrected chi connectivity index (χ4v) is 9.00. The van der Waals surface area contributed by atoms with Crippen molar-refractivity contribution >= 4 is 24.9 Å². The molecule has 4 unspecified atom stereocenters. The van der Waals surface area contributed by atoms with Gasteiger partial charge in [0.1, 0.15) is 0 Å². The minimum absolute atomic E-state index is 0.143. The van der Waals surface area contributed by atoms with Crippen LogP contribution in [0.3, 0.4) is 0 Å². The topological polar surface area (TPSA) is 55.8 Å². The van der Waals surface area contributed by atoms with Gasteiger partial charge in [-0.2, -0.15) is 0 Å². The zero-order valence-corrected chi connectivity index (χ0v) is 19.9. The number of fused-ring (bicyclic) bond motifs is 5. The molecule has 4 rings (SSSR count). The highest BCUT2D eigenvalue weighted by molar-refractivity contribution is 7.10. The Morgan fingerprint density at radius 1 is 1.00 bits per heavy atom. The summed E-state index contributed by atoms with van der Waals surface area (Å²) in [5.41, 5.74) is 0.520. The van der Waals surface area contributed by atoms with E-state index < -0.39 is 5.97 Å². The van der Waals surface area contributed by atoms with Crippen LogP contribution in [-0.4, -0.2) is 23.3 Å². The smallest absolute Gasteiger partial charge is 0.306 e. The normalized spacial score (nSPS) is 51.7. The van der Waals surface area contributed by atoms with E-state index in [1.165, 1.54) is 25.7 Å². The van der Waals surface area contributed by atoms with Crippen molar-refractivity contribution < 1.29 is 18.9 Å². The lowest BCUT2D eigenvalue weighted by Gasteiger charge is -2.63. The summed E-state index contributed by atoms with van der Waals surface area (Å²) in [6.07, 6.45) is 9.96. The molecule has 4 fully saturated rings. The molecule has 0 aliphatic heterocycles. The molecule has 4 aliphatic rings. The standard InChI is InChI=1S/C22H38O4P2/c1-12(20(23)24)15-4-5-16-19-17(7-9-22(15,16)3)21(2)8-6-14(25-27)10-13(21)11-18(19)26-28/h12-19H,4-11,27-28H2,1-3H3,(H,23,24)/t12-,13-,14+,15?,16-,17-,18?,19-,21-,22+/m0/s1. The molecule has 12 atom stereocenters. The Morgan fingerprint density at radius 2 is 1.68 bits per heavy atom. The Bertz CT molecular complexity index is 615. The molecule has 0 amide bonds. The molecule has 0 aromatic carbocycles. The minimum atomic E-state index is -0.626. The molecule has 0 heterocycles. The van der Waals surface area contributed by atoms with E-state index in [0.717, 1.165) is 25.7 Å². The summed E-state index contributed by atoms with van der Waals surface area (Å²) in [4.78, 5) is 11.8. The molecule has 1 N–H and O–H groups in total. The Balaban J connectivity index is 1.64. The van der Waals surface area contributed by atoms with E-state index in [1.54, 1.807) is 0 Å². The van der Waals surface area contributed by atoms with E-state index >= 15 is 0 Å². The number of hydrogen-bond donors (Lipinski definition) is 1. The molecule has 6 heteroatoms. The third-order valence-electron chi connectivity index (χ3n) is 10.0. The monoisotopic (exact) mass is 428 g/mol. The number of rotatable bonds is 4. The largest absolute Gasteiger partial charge is 0.481 e. The van der Waals surface area contributed by atoms with Crippen LogP contribution in [0, 0.1) is 46.3 Å². The molecule has 0 aromatic rings. The third kappa shape index (κ3) is 3.12. The molecule has 0 bridgehead atoms. The lowest BCUT2D eigenvalue weighted by molar-refractivity contribution is -0.166. The summed E-state index contributed by atoms with van der Waals surface area (Å²) in [5, 5.41) is 9.68. The van der Waals surface area contributed by atoms with Crippen LogP contribution in [0.2, 0.25) is 0 Å². The molecule has 4 saturated carbocycles. The highest BCUT2D eigenvalue weighted by atomic mass is 31.0. The molecule has 0 spiro atoms. The fraction of sp³-hybridized carbons (Fsp3) is 0.955. The Hall–Kier alpha value is 0.250. The maximum Gasteiger partial charge on any atom is 0.306 e. The van der Waals surface area contributed by atoms with Crippen molar-refractivity contribution in [1.82, 2.24) is 0 Å². The van der Waals surface area contributed by atoms with Crippen molar-refractivity contribution in [1.29, 1.82) is 0 Å². The number of carbonyl (C=O) groups is 1. The van der Waals surface area contributed by atoms with Gasteiger partial charge in [0.15, 0.2) is 0 Å². The van der Waals surface area contributed by atoms with Crippen molar-refractivity contribution in [2.45, 2.75) is 84.3 Å². The van der Waals surface area contributed by atoms with Crippen molar-refractivity contribution in [3.05, 3.63) is 0 Å². The fourth-order valence-electron chi connectivity index (χ4n) is 8.46. The van der Waals surface area contributed by atoms with E-state index in [0.29, 0.717) is 41.1 Å². The van der Waals surface area contributed by atoms with Gasteiger partial charge in [-0.1, -0.05) is 20.8 Å². The first-order valence-electron chi connectivity index (χ1n) is 11.2. The average molecular weight is 428 g/mol. The Labute approximate surface area is 174 Å². The van der Waals surface area contributed by atoms with Crippen molar-refractivity contribution in [2.75, 3.05) is 0 Å². The van der Waals surface area contributed by atoms with Crippen LogP contribution in [0.4, 0.5) is 0 Å². The summed E-state index contributed by atoms with van der Waals surface area (Å²) in [7, 11) is 5.03. The molecule has 0 aromatic heterocycles. The maximum absolute atomic E-state index is 11.8. The van der Waals surface area contributed by atoms with E-state index in [1.807, 2.05) is 6.92 Å². The van der Waals surface area contributed by atoms with Gasteiger partial charge in [-0.3, -0.25) is 4.79 Å². The third-order valence-corrected chi connectivity index (χ3v) is 10.8. The summed E-state index contributed by atoms with van der Waals surface area (Å²) in [6.45, 7) is 6.87. The lowest BCUT2D eigenvalue weighted by atomic mass is 9.43. The lowest BCUT2D eigenvalue weighted by Crippen LogP contribution is -2.59. The quantitative estimate of drug-likeness (QED) is 0.615. The predicted octanol–water partition coefficient (Wildman–Crippen LogP) is 5.33. The van der Waals surface area contributed by atoms with Crippen molar-refractivity contribution in [3.63, 3.8) is 0 Å². The van der Waals surface area contributed by atoms with Crippen LogP contribution >= 0.6 is 18.9 Å². The number of carboxylic acid groups (broad SMARTS) is 1. The summed E-state index contributed by atoms with van der Waals surface area (Å²) in [5.74, 6) is 1.95. The minimum Gasteiger partial charge on any atom is -0.481 e. The molecular weight excluding hydrogens is 390 g/mol. The first-order valence-corrected chi connectivity index (χ1v) is 12.1. The maximum atomic E-state index is 11.8. The van der Waals surface area contributed by atoms with E-state index in [2.05, 4.69) is 32.8 Å². The molecule has 4 aliphatic carbocycles. The van der Waals surface area contributed by atoms with Crippen LogP contribution < -0.4 is 0 Å². The Kier molecular flexibility index (Phi) is 5.94. The number of aliphatic carboxylic acids is 1. The zero-order chi connectivity index (χ0) is 20.3. The van der Waals surface area contributed by atoms with Crippen molar-refractivity contribution in [2.24, 2.45) is 46.3 Å². The molecule has 160 valence electrons. The predicted molar refractivity (Wildman–Crippen MR) is 117 cm³/mol. The van der Waals surface area contributed by atoms with Gasteiger partial charge in [-0.25, -0.2) is 0 Å². The van der Waals surface area contributed by atoms with Crippen LogP contribution in [0.25, 0.3) is 0 Å². The molecule has 4 nitrogen and oxygen atoms in total. The highest BCUT2D eigenvalue weighted by Gasteiger charge is 2.63. The van der Waals surface area contributed by atoms with Gasteiger partial charge >= 0.3 is 5.97 Å². The van der Waals surface area contributed by atoms with Gasteiger partial charge in [-0.15, -0.1) is 0 Å². The first kappa shape index (κ1) is 21.5. The van der Waals surface area contributed by atoms with Crippen LogP contribution in [0.5, 0.6) is 0 Å². The molecule has 0 saturated heterocycles. The highest BCUT2D eigenvalue weighted by Crippen LogP contribution is 2.68. The van der Waals surface area contributed by atoms with Gasteiger partial charge in [0.05, 0.1) is 18.1 Å². The SMILES string of the molecule is C[C@H](C(=O)O)C1CC[C@H]2[C@@H]3C(OP)C[C@@H]4C[C@H](OP)CC[C@]4(C)[C@H]3CC[C@]12C. The molecule has 0 radical (unpaired) electrons. The van der Waals surface area contributed by atoms with Crippen LogP contribution in [0.15, 0.2) is 0 Å².